The van der Waals surface area contributed by atoms with E-state index in [9.17, 15) is 13.2 Å². The molecule has 2 aromatic rings. The molecule has 120 valence electrons. The standard InChI is InChI=1S/C16H19F3N2S/c1-21-6-5-13(12(17)8-21)20-14-4-2-3-11-10(7-15(18)19)9-22-16(11)14/h2-4,9,12-13,15,20H,5-8H2,1H3/t12-,13-/m0/s1. The highest BCUT2D eigenvalue weighted by molar-refractivity contribution is 7.18. The summed E-state index contributed by atoms with van der Waals surface area (Å²) in [7, 11) is 1.92. The number of anilines is 1. The van der Waals surface area contributed by atoms with Crippen molar-refractivity contribution in [3.8, 4) is 0 Å². The quantitative estimate of drug-likeness (QED) is 0.906. The molecule has 2 heterocycles. The number of fused-ring (bicyclic) bond motifs is 1. The largest absolute Gasteiger partial charge is 0.378 e. The predicted molar refractivity (Wildman–Crippen MR) is 86.0 cm³/mol. The van der Waals surface area contributed by atoms with E-state index in [2.05, 4.69) is 5.32 Å². The van der Waals surface area contributed by atoms with Crippen LogP contribution in [0, 0.1) is 0 Å². The van der Waals surface area contributed by atoms with Gasteiger partial charge in [-0.1, -0.05) is 12.1 Å². The highest BCUT2D eigenvalue weighted by Crippen LogP contribution is 2.34. The topological polar surface area (TPSA) is 15.3 Å². The number of nitrogens with one attached hydrogen (secondary N) is 1. The summed E-state index contributed by atoms with van der Waals surface area (Å²) in [6.07, 6.45) is -2.76. The Labute approximate surface area is 131 Å². The fourth-order valence-electron chi connectivity index (χ4n) is 2.97. The summed E-state index contributed by atoms with van der Waals surface area (Å²) >= 11 is 1.44. The van der Waals surface area contributed by atoms with Crippen molar-refractivity contribution in [1.29, 1.82) is 0 Å². The van der Waals surface area contributed by atoms with Crippen LogP contribution >= 0.6 is 11.3 Å². The third-order valence-electron chi connectivity index (χ3n) is 4.14. The van der Waals surface area contributed by atoms with Crippen LogP contribution in [0.4, 0.5) is 18.9 Å². The van der Waals surface area contributed by atoms with E-state index in [1.807, 2.05) is 30.1 Å². The summed E-state index contributed by atoms with van der Waals surface area (Å²) in [6, 6.07) is 5.38. The lowest BCUT2D eigenvalue weighted by Gasteiger charge is -2.33. The van der Waals surface area contributed by atoms with E-state index in [1.54, 1.807) is 5.38 Å². The number of hydrogen-bond acceptors (Lipinski definition) is 3. The molecule has 1 aliphatic heterocycles. The SMILES string of the molecule is CN1CC[C@H](Nc2cccc3c(CC(F)F)csc23)[C@@H](F)C1. The van der Waals surface area contributed by atoms with E-state index in [-0.39, 0.29) is 12.5 Å². The van der Waals surface area contributed by atoms with Crippen molar-refractivity contribution >= 4 is 27.1 Å². The van der Waals surface area contributed by atoms with Gasteiger partial charge in [-0.15, -0.1) is 11.3 Å². The molecule has 0 bridgehead atoms. The summed E-state index contributed by atoms with van der Waals surface area (Å²) < 4.78 is 40.3. The summed E-state index contributed by atoms with van der Waals surface area (Å²) in [5.74, 6) is 0. The molecule has 1 fully saturated rings. The van der Waals surface area contributed by atoms with Gasteiger partial charge in [0.1, 0.15) is 6.17 Å². The van der Waals surface area contributed by atoms with Crippen LogP contribution in [0.3, 0.4) is 0 Å². The van der Waals surface area contributed by atoms with Crippen molar-refractivity contribution < 1.29 is 13.2 Å². The Morgan fingerprint density at radius 1 is 1.41 bits per heavy atom. The van der Waals surface area contributed by atoms with Crippen molar-refractivity contribution in [3.63, 3.8) is 0 Å². The number of likely N-dealkylation sites (tertiary alicyclic amines) is 1. The molecule has 0 radical (unpaired) electrons. The first-order valence-electron chi connectivity index (χ1n) is 7.41. The van der Waals surface area contributed by atoms with Crippen LogP contribution in [-0.2, 0) is 6.42 Å². The second-order valence-corrected chi connectivity index (χ2v) is 6.74. The Bertz CT molecular complexity index is 643. The normalized spacial score (nSPS) is 23.3. The molecule has 0 unspecified atom stereocenters. The van der Waals surface area contributed by atoms with Crippen LogP contribution in [0.2, 0.25) is 0 Å². The lowest BCUT2D eigenvalue weighted by atomic mass is 10.0. The number of benzene rings is 1. The van der Waals surface area contributed by atoms with Crippen molar-refractivity contribution in [2.24, 2.45) is 0 Å². The van der Waals surface area contributed by atoms with Gasteiger partial charge in [0.25, 0.3) is 0 Å². The lowest BCUT2D eigenvalue weighted by Crippen LogP contribution is -2.46. The minimum Gasteiger partial charge on any atom is -0.378 e. The monoisotopic (exact) mass is 328 g/mol. The second-order valence-electron chi connectivity index (χ2n) is 5.86. The Balaban J connectivity index is 1.83. The molecule has 1 aromatic heterocycles. The smallest absolute Gasteiger partial charge is 0.242 e. The van der Waals surface area contributed by atoms with Gasteiger partial charge >= 0.3 is 0 Å². The maximum Gasteiger partial charge on any atom is 0.242 e. The number of alkyl halides is 3. The number of thiophene rings is 1. The minimum atomic E-state index is -2.35. The van der Waals surface area contributed by atoms with E-state index in [0.29, 0.717) is 12.1 Å². The van der Waals surface area contributed by atoms with Gasteiger partial charge in [-0.3, -0.25) is 0 Å². The van der Waals surface area contributed by atoms with Crippen LogP contribution < -0.4 is 5.32 Å². The third-order valence-corrected chi connectivity index (χ3v) is 5.22. The van der Waals surface area contributed by atoms with Gasteiger partial charge in [-0.25, -0.2) is 13.2 Å². The molecule has 0 amide bonds. The van der Waals surface area contributed by atoms with Gasteiger partial charge in [-0.05, 0) is 35.9 Å². The maximum atomic E-state index is 14.2. The van der Waals surface area contributed by atoms with Crippen LogP contribution in [-0.4, -0.2) is 43.7 Å². The first-order valence-corrected chi connectivity index (χ1v) is 8.29. The van der Waals surface area contributed by atoms with Crippen LogP contribution in [0.25, 0.3) is 10.1 Å². The Morgan fingerprint density at radius 2 is 2.23 bits per heavy atom. The summed E-state index contributed by atoms with van der Waals surface area (Å²) in [5.41, 5.74) is 1.51. The lowest BCUT2D eigenvalue weighted by molar-refractivity contribution is 0.149. The van der Waals surface area contributed by atoms with E-state index in [1.165, 1.54) is 11.3 Å². The van der Waals surface area contributed by atoms with Gasteiger partial charge in [0.15, 0.2) is 0 Å². The van der Waals surface area contributed by atoms with Crippen molar-refractivity contribution in [2.45, 2.75) is 31.5 Å². The van der Waals surface area contributed by atoms with E-state index < -0.39 is 12.6 Å². The number of halogens is 3. The molecule has 0 saturated carbocycles. The third kappa shape index (κ3) is 3.22. The summed E-state index contributed by atoms with van der Waals surface area (Å²) in [5, 5.41) is 5.91. The zero-order valence-corrected chi connectivity index (χ0v) is 13.2. The molecule has 6 heteroatoms. The van der Waals surface area contributed by atoms with Crippen molar-refractivity contribution in [2.75, 3.05) is 25.5 Å². The van der Waals surface area contributed by atoms with Crippen molar-refractivity contribution in [1.82, 2.24) is 4.90 Å². The number of rotatable bonds is 4. The molecule has 1 N–H and O–H groups in total. The van der Waals surface area contributed by atoms with Crippen LogP contribution in [0.5, 0.6) is 0 Å². The van der Waals surface area contributed by atoms with Gasteiger partial charge in [0, 0.05) is 19.5 Å². The number of piperidine rings is 1. The Kier molecular flexibility index (Phi) is 4.59. The average molecular weight is 328 g/mol. The van der Waals surface area contributed by atoms with Gasteiger partial charge in [0.05, 0.1) is 16.4 Å². The fraction of sp³-hybridized carbons (Fsp3) is 0.500. The molecule has 2 atom stereocenters. The molecule has 1 aromatic carbocycles. The second kappa shape index (κ2) is 6.46. The predicted octanol–water partition coefficient (Wildman–Crippen LogP) is 4.16. The maximum absolute atomic E-state index is 14.2. The average Bonchev–Trinajstić information content (AvgIpc) is 2.85. The molecule has 0 aliphatic carbocycles. The van der Waals surface area contributed by atoms with Gasteiger partial charge in [-0.2, -0.15) is 0 Å². The molecule has 1 saturated heterocycles. The summed E-state index contributed by atoms with van der Waals surface area (Å²) in [4.78, 5) is 1.98. The van der Waals surface area contributed by atoms with E-state index in [4.69, 9.17) is 0 Å². The number of hydrogen-bond donors (Lipinski definition) is 1. The molecule has 2 nitrogen and oxygen atoms in total. The zero-order chi connectivity index (χ0) is 15.7. The Hall–Kier alpha value is -1.27. The first kappa shape index (κ1) is 15.6. The van der Waals surface area contributed by atoms with E-state index in [0.717, 1.165) is 28.7 Å². The van der Waals surface area contributed by atoms with Crippen molar-refractivity contribution in [3.05, 3.63) is 29.1 Å². The molecular weight excluding hydrogens is 309 g/mol. The van der Waals surface area contributed by atoms with Gasteiger partial charge < -0.3 is 10.2 Å². The van der Waals surface area contributed by atoms with E-state index >= 15 is 0 Å². The molecular formula is C16H19F3N2S. The highest BCUT2D eigenvalue weighted by atomic mass is 32.1. The molecule has 1 aliphatic rings. The fourth-order valence-corrected chi connectivity index (χ4v) is 4.03. The zero-order valence-electron chi connectivity index (χ0n) is 12.4. The molecule has 0 spiro atoms. The highest BCUT2D eigenvalue weighted by Gasteiger charge is 2.27. The first-order chi connectivity index (χ1) is 10.5. The Morgan fingerprint density at radius 3 is 2.95 bits per heavy atom. The summed E-state index contributed by atoms with van der Waals surface area (Å²) in [6.45, 7) is 1.28. The van der Waals surface area contributed by atoms with Crippen LogP contribution in [0.15, 0.2) is 23.6 Å². The van der Waals surface area contributed by atoms with Gasteiger partial charge in [0.2, 0.25) is 6.43 Å². The van der Waals surface area contributed by atoms with Crippen LogP contribution in [0.1, 0.15) is 12.0 Å². The molecule has 3 rings (SSSR count). The number of nitrogens with zero attached hydrogens (tertiary/aromatic N) is 1. The minimum absolute atomic E-state index is 0.220. The molecule has 22 heavy (non-hydrogen) atoms.